The quantitative estimate of drug-likeness (QED) is 0.143. The van der Waals surface area contributed by atoms with Crippen molar-refractivity contribution in [1.29, 1.82) is 0 Å². The first-order chi connectivity index (χ1) is 14.1. The highest BCUT2D eigenvalue weighted by molar-refractivity contribution is 5.74. The summed E-state index contributed by atoms with van der Waals surface area (Å²) in [6.07, 6.45) is 8.33. The number of oxime groups is 1. The Morgan fingerprint density at radius 3 is 2.83 bits per heavy atom. The van der Waals surface area contributed by atoms with Crippen molar-refractivity contribution < 1.29 is 23.8 Å². The molecule has 0 radical (unpaired) electrons. The first-order valence-electron chi connectivity index (χ1n) is 8.95. The fourth-order valence-corrected chi connectivity index (χ4v) is 2.07. The highest BCUT2D eigenvalue weighted by Gasteiger charge is 2.16. The molecule has 8 nitrogen and oxygen atoms in total. The van der Waals surface area contributed by atoms with E-state index < -0.39 is 12.1 Å². The van der Waals surface area contributed by atoms with Gasteiger partial charge in [0.05, 0.1) is 23.5 Å². The van der Waals surface area contributed by atoms with Crippen LogP contribution >= 0.6 is 0 Å². The van der Waals surface area contributed by atoms with E-state index in [-0.39, 0.29) is 13.2 Å². The Labute approximate surface area is 169 Å². The lowest BCUT2D eigenvalue weighted by Crippen LogP contribution is -2.24. The van der Waals surface area contributed by atoms with E-state index in [2.05, 4.69) is 21.7 Å². The molecule has 1 heterocycles. The molecule has 152 valence electrons. The number of aromatic nitrogens is 2. The third-order valence-electron chi connectivity index (χ3n) is 3.40. The smallest absolute Gasteiger partial charge is 0.347 e. The van der Waals surface area contributed by atoms with Crippen molar-refractivity contribution >= 4 is 23.2 Å². The average Bonchev–Trinajstić information content (AvgIpc) is 2.75. The van der Waals surface area contributed by atoms with Gasteiger partial charge < -0.3 is 19.0 Å². The second-order valence-corrected chi connectivity index (χ2v) is 5.54. The summed E-state index contributed by atoms with van der Waals surface area (Å²) >= 11 is 0. The van der Waals surface area contributed by atoms with Gasteiger partial charge in [0.1, 0.15) is 12.4 Å². The number of rotatable bonds is 11. The molecule has 0 aliphatic heterocycles. The van der Waals surface area contributed by atoms with Crippen molar-refractivity contribution in [3.8, 4) is 5.88 Å². The third-order valence-corrected chi connectivity index (χ3v) is 3.40. The molecule has 8 heteroatoms. The summed E-state index contributed by atoms with van der Waals surface area (Å²) in [5.74, 6) is 0.222. The summed E-state index contributed by atoms with van der Waals surface area (Å²) in [6, 6.07) is 7.50. The minimum Gasteiger partial charge on any atom is -0.479 e. The normalized spacial score (nSPS) is 12.8. The Bertz CT molecular complexity index is 908. The monoisotopic (exact) mass is 397 g/mol. The number of para-hydroxylation sites is 2. The number of benzene rings is 1. The molecule has 2 rings (SSSR count). The molecule has 0 saturated heterocycles. The minimum absolute atomic E-state index is 0.0809. The van der Waals surface area contributed by atoms with E-state index in [0.717, 1.165) is 11.0 Å². The molecule has 0 aliphatic rings. The fraction of sp³-hybridized carbons (Fsp3) is 0.238. The van der Waals surface area contributed by atoms with Gasteiger partial charge >= 0.3 is 5.97 Å². The Morgan fingerprint density at radius 1 is 1.28 bits per heavy atom. The number of fused-ring (bicyclic) bond motifs is 1. The maximum Gasteiger partial charge on any atom is 0.347 e. The lowest BCUT2D eigenvalue weighted by atomic mass is 10.3. The first-order valence-corrected chi connectivity index (χ1v) is 8.95. The molecule has 0 spiro atoms. The van der Waals surface area contributed by atoms with Gasteiger partial charge in [-0.3, -0.25) is 0 Å². The van der Waals surface area contributed by atoms with Crippen molar-refractivity contribution in [2.24, 2.45) is 5.16 Å². The van der Waals surface area contributed by atoms with Gasteiger partial charge in [0.15, 0.2) is 12.7 Å². The van der Waals surface area contributed by atoms with Gasteiger partial charge in [-0.1, -0.05) is 23.9 Å². The number of allylic oxidation sites excluding steroid dienone is 3. The van der Waals surface area contributed by atoms with Crippen LogP contribution in [0.4, 0.5) is 0 Å². The average molecular weight is 397 g/mol. The Balaban J connectivity index is 1.83. The van der Waals surface area contributed by atoms with E-state index in [9.17, 15) is 4.79 Å². The molecular formula is C21H23N3O5. The molecule has 1 atom stereocenters. The minimum atomic E-state index is -0.811. The van der Waals surface area contributed by atoms with Gasteiger partial charge in [-0.15, -0.1) is 0 Å². The molecule has 2 aromatic rings. The number of hydrogen-bond donors (Lipinski definition) is 0. The van der Waals surface area contributed by atoms with Crippen LogP contribution in [0.15, 0.2) is 72.4 Å². The van der Waals surface area contributed by atoms with Crippen molar-refractivity contribution in [2.75, 3.05) is 13.2 Å². The van der Waals surface area contributed by atoms with Crippen LogP contribution in [0.3, 0.4) is 0 Å². The third kappa shape index (κ3) is 7.45. The highest BCUT2D eigenvalue weighted by Crippen LogP contribution is 2.13. The number of carbonyl (C=O) groups is 1. The predicted octanol–water partition coefficient (Wildman–Crippen LogP) is 3.56. The van der Waals surface area contributed by atoms with Crippen molar-refractivity contribution in [3.63, 3.8) is 0 Å². The van der Waals surface area contributed by atoms with Crippen LogP contribution in [-0.2, 0) is 19.1 Å². The van der Waals surface area contributed by atoms with Crippen LogP contribution in [0.2, 0.25) is 0 Å². The van der Waals surface area contributed by atoms with E-state index in [4.69, 9.17) is 19.0 Å². The van der Waals surface area contributed by atoms with Crippen molar-refractivity contribution in [3.05, 3.63) is 67.3 Å². The Morgan fingerprint density at radius 2 is 2.07 bits per heavy atom. The van der Waals surface area contributed by atoms with Gasteiger partial charge in [0, 0.05) is 6.21 Å². The molecular weight excluding hydrogens is 374 g/mol. The Kier molecular flexibility index (Phi) is 8.88. The fourth-order valence-electron chi connectivity index (χ4n) is 2.07. The topological polar surface area (TPSA) is 92.1 Å². The van der Waals surface area contributed by atoms with E-state index in [0.29, 0.717) is 11.6 Å². The second kappa shape index (κ2) is 11.9. The summed E-state index contributed by atoms with van der Waals surface area (Å²) < 4.78 is 16.0. The van der Waals surface area contributed by atoms with E-state index in [1.807, 2.05) is 24.3 Å². The van der Waals surface area contributed by atoms with Gasteiger partial charge in [-0.05, 0) is 44.2 Å². The van der Waals surface area contributed by atoms with E-state index in [1.165, 1.54) is 24.7 Å². The summed E-state index contributed by atoms with van der Waals surface area (Å²) in [7, 11) is 0. The first kappa shape index (κ1) is 21.6. The van der Waals surface area contributed by atoms with E-state index >= 15 is 0 Å². The van der Waals surface area contributed by atoms with E-state index in [1.54, 1.807) is 26.0 Å². The zero-order valence-corrected chi connectivity index (χ0v) is 16.4. The maximum absolute atomic E-state index is 11.9. The summed E-state index contributed by atoms with van der Waals surface area (Å²) in [6.45, 7) is 7.22. The molecule has 0 bridgehead atoms. The number of esters is 1. The molecule has 0 N–H and O–H groups in total. The van der Waals surface area contributed by atoms with Crippen LogP contribution in [0, 0.1) is 0 Å². The molecule has 0 unspecified atom stereocenters. The summed E-state index contributed by atoms with van der Waals surface area (Å²) in [5, 5.41) is 3.56. The standard InChI is InChI=1S/C21H23N3O5/c1-4-17(29-16(3)21(25)27-13-14-28-23-5-2)9-8-12-26-20-15-22-18-10-6-7-11-19(18)24-20/h4-12,15-16H,1,13-14H2,2-3H3/b12-8+,17-9+,23-5?/t16-/m1/s1. The zero-order valence-electron chi connectivity index (χ0n) is 16.4. The number of ether oxygens (including phenoxy) is 3. The SMILES string of the molecule is C=C/C(=C\C=C\Oc1cnc2ccccc2n1)O[C@H](C)C(=O)OCCON=CC. The molecule has 1 aromatic carbocycles. The van der Waals surface area contributed by atoms with Gasteiger partial charge in [0.2, 0.25) is 5.88 Å². The highest BCUT2D eigenvalue weighted by atomic mass is 16.6. The molecule has 0 amide bonds. The number of carbonyl (C=O) groups excluding carboxylic acids is 1. The summed E-state index contributed by atoms with van der Waals surface area (Å²) in [4.78, 5) is 25.3. The molecule has 0 saturated carbocycles. The lowest BCUT2D eigenvalue weighted by molar-refractivity contribution is -0.154. The van der Waals surface area contributed by atoms with Crippen LogP contribution in [0.25, 0.3) is 11.0 Å². The molecule has 0 fully saturated rings. The van der Waals surface area contributed by atoms with Crippen LogP contribution in [-0.4, -0.2) is 41.5 Å². The molecule has 1 aromatic heterocycles. The maximum atomic E-state index is 11.9. The molecule has 29 heavy (non-hydrogen) atoms. The molecule has 0 aliphatic carbocycles. The number of nitrogens with zero attached hydrogens (tertiary/aromatic N) is 3. The predicted molar refractivity (Wildman–Crippen MR) is 109 cm³/mol. The van der Waals surface area contributed by atoms with Crippen molar-refractivity contribution in [1.82, 2.24) is 9.97 Å². The van der Waals surface area contributed by atoms with Crippen LogP contribution < -0.4 is 4.74 Å². The van der Waals surface area contributed by atoms with Gasteiger partial charge in [-0.2, -0.15) is 0 Å². The van der Waals surface area contributed by atoms with Crippen molar-refractivity contribution in [2.45, 2.75) is 20.0 Å². The largest absolute Gasteiger partial charge is 0.479 e. The van der Waals surface area contributed by atoms with Gasteiger partial charge in [-0.25, -0.2) is 14.8 Å². The Hall–Kier alpha value is -3.68. The summed E-state index contributed by atoms with van der Waals surface area (Å²) in [5.41, 5.74) is 1.53. The zero-order chi connectivity index (χ0) is 20.9. The van der Waals surface area contributed by atoms with Gasteiger partial charge in [0.25, 0.3) is 0 Å². The lowest BCUT2D eigenvalue weighted by Gasteiger charge is -2.14. The second-order valence-electron chi connectivity index (χ2n) is 5.54. The van der Waals surface area contributed by atoms with Crippen LogP contribution in [0.1, 0.15) is 13.8 Å². The number of hydrogen-bond acceptors (Lipinski definition) is 8. The van der Waals surface area contributed by atoms with Crippen LogP contribution in [0.5, 0.6) is 5.88 Å².